The molecule has 1 rings (SSSR count). The molecule has 0 heterocycles. The lowest BCUT2D eigenvalue weighted by Crippen LogP contribution is -2.36. The van der Waals surface area contributed by atoms with Crippen LogP contribution in [0.5, 0.6) is 0 Å². The Morgan fingerprint density at radius 1 is 1.25 bits per heavy atom. The van der Waals surface area contributed by atoms with E-state index in [2.05, 4.69) is 59.4 Å². The highest BCUT2D eigenvalue weighted by molar-refractivity contribution is 6.33. The molecule has 1 N–H and O–H groups in total. The summed E-state index contributed by atoms with van der Waals surface area (Å²) in [5.41, 5.74) is 1.31. The molecular formula is C13H21N2Si. The van der Waals surface area contributed by atoms with Gasteiger partial charge in [0.25, 0.3) is 0 Å². The summed E-state index contributed by atoms with van der Waals surface area (Å²) < 4.78 is 0. The normalized spacial score (nSPS) is 13.1. The van der Waals surface area contributed by atoms with Crippen LogP contribution in [0.2, 0.25) is 0 Å². The van der Waals surface area contributed by atoms with Crippen LogP contribution in [-0.4, -0.2) is 34.9 Å². The number of nitrogens with zero attached hydrogens (tertiary/aromatic N) is 1. The van der Waals surface area contributed by atoms with E-state index in [0.717, 1.165) is 19.8 Å². The molecule has 0 aliphatic heterocycles. The van der Waals surface area contributed by atoms with E-state index in [-0.39, 0.29) is 0 Å². The lowest BCUT2D eigenvalue weighted by molar-refractivity contribution is 0.267. The Bertz CT molecular complexity index is 311. The third-order valence-corrected chi connectivity index (χ3v) is 3.40. The third kappa shape index (κ3) is 3.74. The van der Waals surface area contributed by atoms with Crippen molar-refractivity contribution in [2.24, 2.45) is 0 Å². The Morgan fingerprint density at radius 2 is 1.88 bits per heavy atom. The Labute approximate surface area is 102 Å². The molecule has 0 saturated heterocycles. The predicted molar refractivity (Wildman–Crippen MR) is 71.2 cm³/mol. The van der Waals surface area contributed by atoms with E-state index in [1.165, 1.54) is 10.8 Å². The van der Waals surface area contributed by atoms with Gasteiger partial charge < -0.3 is 0 Å². The average Bonchev–Trinajstić information content (AvgIpc) is 2.30. The van der Waals surface area contributed by atoms with Gasteiger partial charge in [-0.2, -0.15) is 0 Å². The van der Waals surface area contributed by atoms with E-state index in [0.29, 0.717) is 6.04 Å². The van der Waals surface area contributed by atoms with E-state index in [9.17, 15) is 0 Å². The van der Waals surface area contributed by atoms with Gasteiger partial charge in [-0.25, -0.2) is 0 Å². The lowest BCUT2D eigenvalue weighted by Gasteiger charge is -2.23. The first-order valence-corrected chi connectivity index (χ1v) is 6.45. The van der Waals surface area contributed by atoms with Crippen LogP contribution in [-0.2, 0) is 0 Å². The first-order valence-electron chi connectivity index (χ1n) is 5.95. The van der Waals surface area contributed by atoms with Crippen molar-refractivity contribution in [1.82, 2.24) is 10.2 Å². The smallest absolute Gasteiger partial charge is 0.0716 e. The van der Waals surface area contributed by atoms with Crippen molar-refractivity contribution < 1.29 is 0 Å². The standard InChI is InChI=1S/C13H21N2Si/c1-4-15(5-2)10-14-11(3)12-8-6-7-9-13(12)16/h6-9,11,14H,4-5,10H2,1-3H3. The van der Waals surface area contributed by atoms with E-state index >= 15 is 0 Å². The molecule has 0 aliphatic rings. The molecule has 1 aromatic rings. The maximum Gasteiger partial charge on any atom is 0.0716 e. The zero-order chi connectivity index (χ0) is 12.0. The van der Waals surface area contributed by atoms with Crippen molar-refractivity contribution in [2.75, 3.05) is 19.8 Å². The van der Waals surface area contributed by atoms with Gasteiger partial charge in [-0.15, -0.1) is 0 Å². The fraction of sp³-hybridized carbons (Fsp3) is 0.538. The van der Waals surface area contributed by atoms with Crippen molar-refractivity contribution in [3.8, 4) is 0 Å². The van der Waals surface area contributed by atoms with Crippen LogP contribution < -0.4 is 10.5 Å². The van der Waals surface area contributed by atoms with Gasteiger partial charge in [-0.1, -0.05) is 43.3 Å². The molecule has 0 fully saturated rings. The minimum absolute atomic E-state index is 0.370. The molecule has 3 radical (unpaired) electrons. The van der Waals surface area contributed by atoms with E-state index < -0.39 is 0 Å². The third-order valence-electron chi connectivity index (χ3n) is 2.94. The summed E-state index contributed by atoms with van der Waals surface area (Å²) in [6.07, 6.45) is 0. The highest BCUT2D eigenvalue weighted by Crippen LogP contribution is 2.08. The Hall–Kier alpha value is -0.643. The molecule has 16 heavy (non-hydrogen) atoms. The molecule has 0 saturated carbocycles. The van der Waals surface area contributed by atoms with Crippen molar-refractivity contribution in [3.63, 3.8) is 0 Å². The molecule has 1 unspecified atom stereocenters. The summed E-state index contributed by atoms with van der Waals surface area (Å²) in [6, 6.07) is 8.73. The molecule has 87 valence electrons. The molecule has 0 amide bonds. The summed E-state index contributed by atoms with van der Waals surface area (Å²) in [5, 5.41) is 4.71. The van der Waals surface area contributed by atoms with Gasteiger partial charge in [0.15, 0.2) is 0 Å². The van der Waals surface area contributed by atoms with E-state index in [1.807, 2.05) is 6.07 Å². The fourth-order valence-electron chi connectivity index (χ4n) is 1.70. The summed E-state index contributed by atoms with van der Waals surface area (Å²) in [4.78, 5) is 2.37. The number of rotatable bonds is 6. The highest BCUT2D eigenvalue weighted by atomic mass is 28.1. The maximum atomic E-state index is 3.64. The summed E-state index contributed by atoms with van der Waals surface area (Å²) in [7, 11) is 3.64. The largest absolute Gasteiger partial charge is 0.298 e. The minimum atomic E-state index is 0.370. The number of nitrogens with one attached hydrogen (secondary N) is 1. The van der Waals surface area contributed by atoms with Crippen molar-refractivity contribution >= 4 is 15.4 Å². The fourth-order valence-corrected chi connectivity index (χ4v) is 2.09. The monoisotopic (exact) mass is 233 g/mol. The van der Waals surface area contributed by atoms with Gasteiger partial charge >= 0.3 is 0 Å². The molecule has 0 aliphatic carbocycles. The lowest BCUT2D eigenvalue weighted by atomic mass is 10.1. The van der Waals surface area contributed by atoms with Crippen LogP contribution >= 0.6 is 0 Å². The zero-order valence-corrected chi connectivity index (χ0v) is 11.5. The molecule has 0 aromatic heterocycles. The van der Waals surface area contributed by atoms with Crippen LogP contribution in [0.1, 0.15) is 32.4 Å². The molecule has 1 atom stereocenters. The number of hydrogen-bond acceptors (Lipinski definition) is 2. The van der Waals surface area contributed by atoms with Gasteiger partial charge in [0.05, 0.1) is 10.2 Å². The second kappa shape index (κ2) is 6.84. The van der Waals surface area contributed by atoms with Gasteiger partial charge in [-0.05, 0) is 25.6 Å². The van der Waals surface area contributed by atoms with Crippen LogP contribution in [0.3, 0.4) is 0 Å². The van der Waals surface area contributed by atoms with Crippen LogP contribution in [0.15, 0.2) is 24.3 Å². The second-order valence-corrected chi connectivity index (χ2v) is 4.51. The summed E-state index contributed by atoms with van der Waals surface area (Å²) >= 11 is 0. The highest BCUT2D eigenvalue weighted by Gasteiger charge is 2.07. The maximum absolute atomic E-state index is 3.64. The Balaban J connectivity index is 2.52. The summed E-state index contributed by atoms with van der Waals surface area (Å²) in [6.45, 7) is 9.69. The molecular weight excluding hydrogens is 212 g/mol. The van der Waals surface area contributed by atoms with Crippen molar-refractivity contribution in [3.05, 3.63) is 29.8 Å². The number of hydrogen-bond donors (Lipinski definition) is 1. The quantitative estimate of drug-likeness (QED) is 0.591. The first kappa shape index (κ1) is 13.4. The molecule has 0 spiro atoms. The second-order valence-electron chi connectivity index (χ2n) is 3.97. The minimum Gasteiger partial charge on any atom is -0.298 e. The average molecular weight is 233 g/mol. The molecule has 3 heteroatoms. The number of benzene rings is 1. The van der Waals surface area contributed by atoms with Gasteiger partial charge in [0, 0.05) is 12.7 Å². The Morgan fingerprint density at radius 3 is 2.44 bits per heavy atom. The van der Waals surface area contributed by atoms with Crippen molar-refractivity contribution in [1.29, 1.82) is 0 Å². The SMILES string of the molecule is CCN(CC)CNC(C)c1ccccc1[Si]. The topological polar surface area (TPSA) is 15.3 Å². The summed E-state index contributed by atoms with van der Waals surface area (Å²) in [5.74, 6) is 0. The van der Waals surface area contributed by atoms with Gasteiger partial charge in [0.2, 0.25) is 0 Å². The van der Waals surface area contributed by atoms with Gasteiger partial charge in [-0.3, -0.25) is 10.2 Å². The molecule has 0 bridgehead atoms. The van der Waals surface area contributed by atoms with E-state index in [4.69, 9.17) is 0 Å². The molecule has 1 aromatic carbocycles. The van der Waals surface area contributed by atoms with Crippen molar-refractivity contribution in [2.45, 2.75) is 26.8 Å². The molecule has 2 nitrogen and oxygen atoms in total. The predicted octanol–water partition coefficient (Wildman–Crippen LogP) is 1.43. The zero-order valence-electron chi connectivity index (χ0n) is 10.5. The Kier molecular flexibility index (Phi) is 5.73. The first-order chi connectivity index (χ1) is 7.69. The van der Waals surface area contributed by atoms with Crippen LogP contribution in [0.4, 0.5) is 0 Å². The van der Waals surface area contributed by atoms with E-state index in [1.54, 1.807) is 0 Å². The van der Waals surface area contributed by atoms with Gasteiger partial charge in [0.1, 0.15) is 0 Å². The van der Waals surface area contributed by atoms with Crippen LogP contribution in [0.25, 0.3) is 0 Å². The van der Waals surface area contributed by atoms with Crippen LogP contribution in [0, 0.1) is 0 Å².